The molecule has 1 heterocycles. The lowest BCUT2D eigenvalue weighted by molar-refractivity contribution is 0.185. The van der Waals surface area contributed by atoms with Crippen molar-refractivity contribution in [1.29, 1.82) is 5.26 Å². The van der Waals surface area contributed by atoms with Crippen molar-refractivity contribution >= 4 is 17.3 Å². The van der Waals surface area contributed by atoms with Gasteiger partial charge in [-0.25, -0.2) is 4.39 Å². The zero-order chi connectivity index (χ0) is 18.1. The van der Waals surface area contributed by atoms with Crippen molar-refractivity contribution in [2.24, 2.45) is 0 Å². The van der Waals surface area contributed by atoms with Gasteiger partial charge in [-0.2, -0.15) is 5.26 Å². The van der Waals surface area contributed by atoms with Gasteiger partial charge in [0.05, 0.1) is 17.3 Å². The Labute approximate surface area is 158 Å². The van der Waals surface area contributed by atoms with Crippen molar-refractivity contribution in [3.05, 3.63) is 64.5 Å². The topological polar surface area (TPSA) is 30.3 Å². The van der Waals surface area contributed by atoms with Gasteiger partial charge in [-0.15, -0.1) is 11.6 Å². The van der Waals surface area contributed by atoms with E-state index in [4.69, 9.17) is 16.9 Å². The van der Waals surface area contributed by atoms with E-state index in [1.807, 2.05) is 6.07 Å². The number of benzene rings is 2. The molecule has 0 aromatic heterocycles. The van der Waals surface area contributed by atoms with E-state index in [9.17, 15) is 4.39 Å². The van der Waals surface area contributed by atoms with Crippen LogP contribution >= 0.6 is 11.6 Å². The van der Waals surface area contributed by atoms with Crippen LogP contribution in [-0.4, -0.2) is 31.1 Å². The predicted octanol–water partition coefficient (Wildman–Crippen LogP) is 4.25. The van der Waals surface area contributed by atoms with Crippen LogP contribution in [0.5, 0.6) is 0 Å². The number of aryl methyl sites for hydroxylation is 1. The number of nitrogens with zero attached hydrogens (tertiary/aromatic N) is 3. The minimum Gasteiger partial charge on any atom is -0.367 e. The first-order valence-corrected chi connectivity index (χ1v) is 9.59. The molecule has 1 fully saturated rings. The molecule has 2 aromatic carbocycles. The predicted molar refractivity (Wildman–Crippen MR) is 102 cm³/mol. The van der Waals surface area contributed by atoms with Gasteiger partial charge in [0.1, 0.15) is 5.82 Å². The fraction of sp³-hybridized carbons (Fsp3) is 0.381. The summed E-state index contributed by atoms with van der Waals surface area (Å²) in [7, 11) is 0. The molecule has 2 aliphatic rings. The average Bonchev–Trinajstić information content (AvgIpc) is 3.11. The van der Waals surface area contributed by atoms with Gasteiger partial charge in [-0.05, 0) is 47.7 Å². The molecule has 1 aliphatic heterocycles. The van der Waals surface area contributed by atoms with Crippen molar-refractivity contribution in [3.8, 4) is 6.07 Å². The lowest BCUT2D eigenvalue weighted by Crippen LogP contribution is -2.47. The van der Waals surface area contributed by atoms with Crippen LogP contribution in [0.2, 0.25) is 0 Å². The Kier molecular flexibility index (Phi) is 4.84. The summed E-state index contributed by atoms with van der Waals surface area (Å²) in [6.07, 6.45) is 2.25. The van der Waals surface area contributed by atoms with E-state index in [1.165, 1.54) is 22.8 Å². The summed E-state index contributed by atoms with van der Waals surface area (Å²) < 4.78 is 14.3. The minimum absolute atomic E-state index is 0.308. The zero-order valence-electron chi connectivity index (χ0n) is 14.6. The Morgan fingerprint density at radius 3 is 2.62 bits per heavy atom. The Morgan fingerprint density at radius 1 is 1.12 bits per heavy atom. The van der Waals surface area contributed by atoms with E-state index in [-0.39, 0.29) is 5.82 Å². The number of anilines is 1. The zero-order valence-corrected chi connectivity index (χ0v) is 15.3. The average molecular weight is 370 g/mol. The van der Waals surface area contributed by atoms with E-state index < -0.39 is 0 Å². The Hall–Kier alpha value is -2.09. The van der Waals surface area contributed by atoms with Gasteiger partial charge < -0.3 is 4.90 Å². The van der Waals surface area contributed by atoms with Gasteiger partial charge in [0.25, 0.3) is 0 Å². The van der Waals surface area contributed by atoms with E-state index >= 15 is 0 Å². The molecule has 0 amide bonds. The first-order valence-electron chi connectivity index (χ1n) is 9.06. The first-order chi connectivity index (χ1) is 12.7. The number of rotatable bonds is 3. The maximum absolute atomic E-state index is 14.3. The van der Waals surface area contributed by atoms with Gasteiger partial charge in [-0.1, -0.05) is 18.2 Å². The van der Waals surface area contributed by atoms with Gasteiger partial charge in [0, 0.05) is 38.1 Å². The fourth-order valence-corrected chi connectivity index (χ4v) is 4.38. The minimum atomic E-state index is -0.308. The van der Waals surface area contributed by atoms with E-state index in [1.54, 1.807) is 12.1 Å². The van der Waals surface area contributed by atoms with Crippen LogP contribution in [0.1, 0.15) is 34.7 Å². The van der Waals surface area contributed by atoms with Crippen molar-refractivity contribution in [2.45, 2.75) is 24.8 Å². The SMILES string of the molecule is N#Cc1ccc(N2CCN(C3CCc4cc(CCl)ccc43)CC2)c(F)c1. The van der Waals surface area contributed by atoms with Crippen molar-refractivity contribution in [2.75, 3.05) is 31.1 Å². The summed E-state index contributed by atoms with van der Waals surface area (Å²) in [4.78, 5) is 4.60. The van der Waals surface area contributed by atoms with Crippen LogP contribution in [-0.2, 0) is 12.3 Å². The van der Waals surface area contributed by atoms with E-state index in [0.29, 0.717) is 23.2 Å². The second kappa shape index (κ2) is 7.26. The van der Waals surface area contributed by atoms with Crippen LogP contribution in [0.4, 0.5) is 10.1 Å². The molecule has 3 nitrogen and oxygen atoms in total. The summed E-state index contributed by atoms with van der Waals surface area (Å²) in [5, 5.41) is 8.89. The molecule has 1 atom stereocenters. The highest BCUT2D eigenvalue weighted by molar-refractivity contribution is 6.17. The van der Waals surface area contributed by atoms with Gasteiger partial charge >= 0.3 is 0 Å². The molecule has 5 heteroatoms. The van der Waals surface area contributed by atoms with Crippen LogP contribution in [0.3, 0.4) is 0 Å². The van der Waals surface area contributed by atoms with E-state index in [0.717, 1.165) is 39.0 Å². The van der Waals surface area contributed by atoms with Crippen molar-refractivity contribution in [1.82, 2.24) is 4.90 Å². The molecule has 1 aliphatic carbocycles. The number of nitriles is 1. The number of piperazine rings is 1. The molecule has 0 bridgehead atoms. The lowest BCUT2D eigenvalue weighted by Gasteiger charge is -2.39. The molecule has 2 aromatic rings. The quantitative estimate of drug-likeness (QED) is 0.758. The second-order valence-corrected chi connectivity index (χ2v) is 7.29. The second-order valence-electron chi connectivity index (χ2n) is 7.02. The monoisotopic (exact) mass is 369 g/mol. The largest absolute Gasteiger partial charge is 0.367 e. The third-order valence-electron chi connectivity index (χ3n) is 5.58. The Balaban J connectivity index is 1.45. The summed E-state index contributed by atoms with van der Waals surface area (Å²) in [5.74, 6) is 0.254. The van der Waals surface area contributed by atoms with Crippen LogP contribution in [0.25, 0.3) is 0 Å². The van der Waals surface area contributed by atoms with E-state index in [2.05, 4.69) is 28.0 Å². The smallest absolute Gasteiger partial charge is 0.147 e. The number of hydrogen-bond acceptors (Lipinski definition) is 3. The third kappa shape index (κ3) is 3.18. The molecular weight excluding hydrogens is 349 g/mol. The van der Waals surface area contributed by atoms with Gasteiger partial charge in [0.2, 0.25) is 0 Å². The van der Waals surface area contributed by atoms with Crippen LogP contribution in [0.15, 0.2) is 36.4 Å². The molecule has 4 rings (SSSR count). The molecule has 1 unspecified atom stereocenters. The normalized spacial score (nSPS) is 20.0. The highest BCUT2D eigenvalue weighted by Gasteiger charge is 2.30. The number of alkyl halides is 1. The number of halogens is 2. The third-order valence-corrected chi connectivity index (χ3v) is 5.89. The first kappa shape index (κ1) is 17.3. The summed E-state index contributed by atoms with van der Waals surface area (Å²) >= 11 is 5.96. The van der Waals surface area contributed by atoms with Crippen LogP contribution in [0, 0.1) is 17.1 Å². The maximum Gasteiger partial charge on any atom is 0.147 e. The molecule has 0 radical (unpaired) electrons. The molecule has 0 N–H and O–H groups in total. The highest BCUT2D eigenvalue weighted by atomic mass is 35.5. The van der Waals surface area contributed by atoms with Gasteiger partial charge in [0.15, 0.2) is 0 Å². The Morgan fingerprint density at radius 2 is 1.92 bits per heavy atom. The molecule has 1 saturated heterocycles. The lowest BCUT2D eigenvalue weighted by atomic mass is 10.0. The van der Waals surface area contributed by atoms with Gasteiger partial charge in [-0.3, -0.25) is 4.90 Å². The fourth-order valence-electron chi connectivity index (χ4n) is 4.22. The summed E-state index contributed by atoms with van der Waals surface area (Å²) in [6, 6.07) is 13.8. The molecule has 26 heavy (non-hydrogen) atoms. The number of fused-ring (bicyclic) bond motifs is 1. The molecule has 0 saturated carbocycles. The molecule has 134 valence electrons. The standard InChI is InChI=1S/C21H21ClFN3/c22-13-15-1-4-18-17(11-15)3-6-20(18)25-7-9-26(10-8-25)21-5-2-16(14-24)12-19(21)23/h1-2,4-5,11-12,20H,3,6-10,13H2. The Bertz CT molecular complexity index is 853. The number of hydrogen-bond donors (Lipinski definition) is 0. The molecular formula is C21H21ClFN3. The van der Waals surface area contributed by atoms with Crippen LogP contribution < -0.4 is 4.90 Å². The van der Waals surface area contributed by atoms with Crippen molar-refractivity contribution < 1.29 is 4.39 Å². The highest BCUT2D eigenvalue weighted by Crippen LogP contribution is 2.37. The maximum atomic E-state index is 14.3. The molecule has 0 spiro atoms. The van der Waals surface area contributed by atoms with Crippen molar-refractivity contribution in [3.63, 3.8) is 0 Å². The summed E-state index contributed by atoms with van der Waals surface area (Å²) in [5.41, 5.74) is 5.00. The summed E-state index contributed by atoms with van der Waals surface area (Å²) in [6.45, 7) is 3.43.